The Morgan fingerprint density at radius 1 is 1.25 bits per heavy atom. The van der Waals surface area contributed by atoms with E-state index in [0.717, 1.165) is 28.9 Å². The molecule has 1 amide bonds. The number of halogens is 1. The van der Waals surface area contributed by atoms with E-state index in [9.17, 15) is 4.79 Å². The Morgan fingerprint density at radius 3 is 2.75 bits per heavy atom. The summed E-state index contributed by atoms with van der Waals surface area (Å²) in [5.41, 5.74) is 1.36. The van der Waals surface area contributed by atoms with E-state index in [0.29, 0.717) is 28.9 Å². The second-order valence-corrected chi connectivity index (χ2v) is 8.22. The third kappa shape index (κ3) is 4.82. The number of thiazole rings is 1. The van der Waals surface area contributed by atoms with Crippen molar-refractivity contribution in [3.8, 4) is 5.75 Å². The van der Waals surface area contributed by atoms with Crippen LogP contribution in [0.2, 0.25) is 5.02 Å². The number of hydrogen-bond acceptors (Lipinski definition) is 4. The van der Waals surface area contributed by atoms with Gasteiger partial charge in [-0.05, 0) is 37.3 Å². The van der Waals surface area contributed by atoms with Gasteiger partial charge in [0, 0.05) is 13.0 Å². The van der Waals surface area contributed by atoms with Crippen molar-refractivity contribution in [2.24, 2.45) is 0 Å². The minimum absolute atomic E-state index is 0.122. The van der Waals surface area contributed by atoms with Gasteiger partial charge < -0.3 is 9.64 Å². The van der Waals surface area contributed by atoms with Crippen molar-refractivity contribution < 1.29 is 14.4 Å². The van der Waals surface area contributed by atoms with Gasteiger partial charge in [0.25, 0.3) is 5.91 Å². The number of fused-ring (bicyclic) bond motifs is 1. The lowest BCUT2D eigenvalue weighted by atomic mass is 10.2. The van der Waals surface area contributed by atoms with Gasteiger partial charge in [-0.25, -0.2) is 4.98 Å². The number of carbonyl (C=O) groups excluding carboxylic acids is 1. The fourth-order valence-electron chi connectivity index (χ4n) is 2.92. The van der Waals surface area contributed by atoms with Crippen LogP contribution in [0.3, 0.4) is 0 Å². The summed E-state index contributed by atoms with van der Waals surface area (Å²) in [5, 5.41) is 1.14. The zero-order valence-electron chi connectivity index (χ0n) is 16.4. The highest BCUT2D eigenvalue weighted by Crippen LogP contribution is 2.33. The molecule has 2 aromatic carbocycles. The van der Waals surface area contributed by atoms with Gasteiger partial charge in [0.15, 0.2) is 5.13 Å². The molecule has 3 aromatic rings. The van der Waals surface area contributed by atoms with Crippen molar-refractivity contribution in [3.05, 3.63) is 53.1 Å². The van der Waals surface area contributed by atoms with Crippen molar-refractivity contribution in [2.75, 3.05) is 38.7 Å². The number of benzene rings is 2. The number of anilines is 1. The monoisotopic (exact) mass is 418 g/mol. The van der Waals surface area contributed by atoms with E-state index >= 15 is 0 Å². The predicted molar refractivity (Wildman–Crippen MR) is 116 cm³/mol. The maximum Gasteiger partial charge on any atom is 0.261 e. The minimum Gasteiger partial charge on any atom is -0.494 e. The van der Waals surface area contributed by atoms with Crippen LogP contribution in [0.15, 0.2) is 42.5 Å². The van der Waals surface area contributed by atoms with Crippen LogP contribution in [0.25, 0.3) is 10.2 Å². The fraction of sp³-hybridized carbons (Fsp3) is 0.333. The summed E-state index contributed by atoms with van der Waals surface area (Å²) in [7, 11) is 4.21. The predicted octanol–water partition coefficient (Wildman–Crippen LogP) is 3.53. The molecule has 148 valence electrons. The number of nitrogens with zero attached hydrogens (tertiary/aromatic N) is 2. The molecule has 0 saturated carbocycles. The van der Waals surface area contributed by atoms with E-state index in [1.807, 2.05) is 37.3 Å². The lowest BCUT2D eigenvalue weighted by Crippen LogP contribution is -3.05. The van der Waals surface area contributed by atoms with E-state index in [4.69, 9.17) is 21.3 Å². The van der Waals surface area contributed by atoms with Crippen molar-refractivity contribution in [1.82, 2.24) is 4.98 Å². The molecule has 1 N–H and O–H groups in total. The number of rotatable bonds is 8. The second-order valence-electron chi connectivity index (χ2n) is 6.81. The number of hydrogen-bond donors (Lipinski definition) is 1. The Labute approximate surface area is 174 Å². The van der Waals surface area contributed by atoms with Crippen LogP contribution in [-0.2, 0) is 0 Å². The summed E-state index contributed by atoms with van der Waals surface area (Å²) in [6.07, 6.45) is 0.874. The molecule has 28 heavy (non-hydrogen) atoms. The van der Waals surface area contributed by atoms with Gasteiger partial charge in [0.05, 0.1) is 48.0 Å². The molecule has 0 spiro atoms. The van der Waals surface area contributed by atoms with Gasteiger partial charge in [0.2, 0.25) is 0 Å². The topological polar surface area (TPSA) is 46.9 Å². The van der Waals surface area contributed by atoms with Crippen molar-refractivity contribution in [2.45, 2.75) is 13.3 Å². The van der Waals surface area contributed by atoms with Crippen LogP contribution in [0.1, 0.15) is 23.7 Å². The van der Waals surface area contributed by atoms with E-state index < -0.39 is 0 Å². The van der Waals surface area contributed by atoms with Gasteiger partial charge in [-0.2, -0.15) is 0 Å². The highest BCUT2D eigenvalue weighted by molar-refractivity contribution is 7.22. The van der Waals surface area contributed by atoms with Gasteiger partial charge in [-0.3, -0.25) is 9.69 Å². The van der Waals surface area contributed by atoms with E-state index in [1.165, 1.54) is 16.2 Å². The largest absolute Gasteiger partial charge is 0.494 e. The Hall–Kier alpha value is -2.15. The van der Waals surface area contributed by atoms with Crippen molar-refractivity contribution >= 4 is 44.2 Å². The third-order valence-electron chi connectivity index (χ3n) is 4.30. The Kier molecular flexibility index (Phi) is 6.88. The Bertz CT molecular complexity index is 958. The third-order valence-corrected chi connectivity index (χ3v) is 5.67. The average molecular weight is 419 g/mol. The quantitative estimate of drug-likeness (QED) is 0.608. The molecular formula is C21H25ClN3O2S+. The molecule has 1 aromatic heterocycles. The second kappa shape index (κ2) is 9.37. The molecule has 0 aliphatic rings. The molecule has 0 radical (unpaired) electrons. The normalized spacial score (nSPS) is 11.2. The molecule has 0 unspecified atom stereocenters. The maximum atomic E-state index is 13.3. The highest BCUT2D eigenvalue weighted by Gasteiger charge is 2.23. The summed E-state index contributed by atoms with van der Waals surface area (Å²) in [4.78, 5) is 21.1. The molecule has 0 saturated heterocycles. The van der Waals surface area contributed by atoms with Crippen LogP contribution in [0.5, 0.6) is 5.75 Å². The SMILES string of the molecule is CCOc1ccc2nc(N(CCC[NH+](C)C)C(=O)c3ccccc3Cl)sc2c1. The summed E-state index contributed by atoms with van der Waals surface area (Å²) < 4.78 is 6.58. The molecule has 0 aliphatic carbocycles. The molecule has 0 bridgehead atoms. The van der Waals surface area contributed by atoms with Crippen molar-refractivity contribution in [1.29, 1.82) is 0 Å². The molecule has 0 fully saturated rings. The van der Waals surface area contributed by atoms with Gasteiger partial charge in [-0.15, -0.1) is 0 Å². The van der Waals surface area contributed by atoms with E-state index in [-0.39, 0.29) is 5.91 Å². The van der Waals surface area contributed by atoms with Crippen LogP contribution in [0, 0.1) is 0 Å². The maximum absolute atomic E-state index is 13.3. The van der Waals surface area contributed by atoms with Crippen LogP contribution >= 0.6 is 22.9 Å². The molecule has 3 rings (SSSR count). The van der Waals surface area contributed by atoms with Gasteiger partial charge in [-0.1, -0.05) is 35.1 Å². The molecule has 0 atom stereocenters. The van der Waals surface area contributed by atoms with Crippen molar-refractivity contribution in [3.63, 3.8) is 0 Å². The van der Waals surface area contributed by atoms with E-state index in [1.54, 1.807) is 17.0 Å². The Balaban J connectivity index is 1.94. The smallest absolute Gasteiger partial charge is 0.261 e. The number of nitrogens with one attached hydrogen (secondary N) is 1. The molecule has 5 nitrogen and oxygen atoms in total. The first-order valence-electron chi connectivity index (χ1n) is 9.38. The zero-order valence-corrected chi connectivity index (χ0v) is 17.9. The van der Waals surface area contributed by atoms with Crippen LogP contribution in [0.4, 0.5) is 5.13 Å². The molecule has 1 heterocycles. The summed E-state index contributed by atoms with van der Waals surface area (Å²) in [5.74, 6) is 0.689. The number of carbonyl (C=O) groups is 1. The van der Waals surface area contributed by atoms with Crippen LogP contribution in [-0.4, -0.2) is 44.7 Å². The van der Waals surface area contributed by atoms with Gasteiger partial charge in [0.1, 0.15) is 5.75 Å². The van der Waals surface area contributed by atoms with Crippen LogP contribution < -0.4 is 14.5 Å². The summed E-state index contributed by atoms with van der Waals surface area (Å²) in [6, 6.07) is 13.0. The lowest BCUT2D eigenvalue weighted by Gasteiger charge is -2.20. The number of aromatic nitrogens is 1. The minimum atomic E-state index is -0.122. The summed E-state index contributed by atoms with van der Waals surface area (Å²) >= 11 is 7.78. The average Bonchev–Trinajstić information content (AvgIpc) is 3.08. The zero-order chi connectivity index (χ0) is 20.1. The molecular weight excluding hydrogens is 394 g/mol. The number of ether oxygens (including phenoxy) is 1. The Morgan fingerprint density at radius 2 is 2.04 bits per heavy atom. The standard InChI is InChI=1S/C21H24ClN3O2S/c1-4-27-15-10-11-18-19(14-15)28-21(23-18)25(13-7-12-24(2)3)20(26)16-8-5-6-9-17(16)22/h5-6,8-11,14H,4,7,12-13H2,1-3H3/p+1. The summed E-state index contributed by atoms with van der Waals surface area (Å²) in [6.45, 7) is 4.12. The first-order valence-corrected chi connectivity index (χ1v) is 10.6. The van der Waals surface area contributed by atoms with E-state index in [2.05, 4.69) is 14.1 Å². The lowest BCUT2D eigenvalue weighted by molar-refractivity contribution is -0.858. The fourth-order valence-corrected chi connectivity index (χ4v) is 4.15. The van der Waals surface area contributed by atoms with Gasteiger partial charge >= 0.3 is 0 Å². The molecule has 7 heteroatoms. The molecule has 0 aliphatic heterocycles. The first-order chi connectivity index (χ1) is 13.5. The number of quaternary nitrogens is 1. The number of amides is 1. The first kappa shape index (κ1) is 20.6. The highest BCUT2D eigenvalue weighted by atomic mass is 35.5.